The van der Waals surface area contributed by atoms with Crippen LogP contribution >= 0.6 is 0 Å². The molecule has 1 aliphatic heterocycles. The molecule has 1 heterocycles. The molecular weight excluding hydrogens is 365 g/mol. The van der Waals surface area contributed by atoms with Gasteiger partial charge >= 0.3 is 6.18 Å². The van der Waals surface area contributed by atoms with Crippen LogP contribution in [-0.4, -0.2) is 55.0 Å². The highest BCUT2D eigenvalue weighted by atomic mass is 19.4. The molecule has 0 unspecified atom stereocenters. The normalized spacial score (nSPS) is 17.9. The van der Waals surface area contributed by atoms with Gasteiger partial charge < -0.3 is 15.1 Å². The summed E-state index contributed by atoms with van der Waals surface area (Å²) in [7, 11) is 0. The molecule has 2 fully saturated rings. The van der Waals surface area contributed by atoms with Crippen molar-refractivity contribution in [3.8, 4) is 0 Å². The molecule has 3 rings (SSSR count). The number of carbonyl (C=O) groups is 1. The van der Waals surface area contributed by atoms with Crippen molar-refractivity contribution in [3.05, 3.63) is 33.9 Å². The largest absolute Gasteiger partial charge is 0.416 e. The predicted molar refractivity (Wildman–Crippen MR) is 92.5 cm³/mol. The lowest BCUT2D eigenvalue weighted by molar-refractivity contribution is -0.384. The first-order chi connectivity index (χ1) is 12.8. The number of amides is 1. The van der Waals surface area contributed by atoms with Crippen molar-refractivity contribution < 1.29 is 22.9 Å². The lowest BCUT2D eigenvalue weighted by Gasteiger charge is -2.36. The third kappa shape index (κ3) is 4.88. The van der Waals surface area contributed by atoms with Crippen LogP contribution in [0.25, 0.3) is 0 Å². The number of nitrogens with one attached hydrogen (secondary N) is 1. The molecule has 2 aliphatic rings. The number of hydrogen-bond donors (Lipinski definition) is 1. The number of anilines is 1. The summed E-state index contributed by atoms with van der Waals surface area (Å²) in [6.07, 6.45) is -2.24. The standard InChI is InChI=1S/C17H21F3N4O3/c18-17(19,20)13-3-4-14(15(9-13)24(26)27)22-5-7-23(8-6-22)16(25)11-21-10-12-1-2-12/h3-4,9,12,21H,1-2,5-8,10-11H2. The second kappa shape index (κ2) is 7.71. The van der Waals surface area contributed by atoms with Crippen LogP contribution in [0, 0.1) is 16.0 Å². The van der Waals surface area contributed by atoms with Crippen molar-refractivity contribution in [3.63, 3.8) is 0 Å². The number of nitro benzene ring substituents is 1. The first kappa shape index (κ1) is 19.4. The lowest BCUT2D eigenvalue weighted by Crippen LogP contribution is -2.51. The minimum Gasteiger partial charge on any atom is -0.362 e. The summed E-state index contributed by atoms with van der Waals surface area (Å²) in [6.45, 7) is 2.52. The Morgan fingerprint density at radius 3 is 2.44 bits per heavy atom. The Labute approximate surface area is 154 Å². The summed E-state index contributed by atoms with van der Waals surface area (Å²) >= 11 is 0. The van der Waals surface area contributed by atoms with E-state index in [0.717, 1.165) is 18.7 Å². The van der Waals surface area contributed by atoms with Crippen LogP contribution < -0.4 is 10.2 Å². The van der Waals surface area contributed by atoms with Gasteiger partial charge in [0.05, 0.1) is 17.0 Å². The summed E-state index contributed by atoms with van der Waals surface area (Å²) in [6, 6.07) is 2.55. The molecule has 7 nitrogen and oxygen atoms in total. The van der Waals surface area contributed by atoms with Crippen LogP contribution in [0.1, 0.15) is 18.4 Å². The van der Waals surface area contributed by atoms with Crippen LogP contribution in [0.15, 0.2) is 18.2 Å². The Hall–Kier alpha value is -2.36. The number of nitro groups is 1. The number of halogens is 3. The molecular formula is C17H21F3N4O3. The minimum absolute atomic E-state index is 0.0304. The van der Waals surface area contributed by atoms with E-state index in [2.05, 4.69) is 5.32 Å². The smallest absolute Gasteiger partial charge is 0.362 e. The monoisotopic (exact) mass is 386 g/mol. The van der Waals surface area contributed by atoms with Crippen molar-refractivity contribution in [2.45, 2.75) is 19.0 Å². The molecule has 0 bridgehead atoms. The van der Waals surface area contributed by atoms with Gasteiger partial charge in [-0.25, -0.2) is 0 Å². The molecule has 0 aromatic heterocycles. The zero-order valence-corrected chi connectivity index (χ0v) is 14.7. The van der Waals surface area contributed by atoms with Crippen LogP contribution in [0.2, 0.25) is 0 Å². The lowest BCUT2D eigenvalue weighted by atomic mass is 10.1. The number of nitrogens with zero attached hydrogens (tertiary/aromatic N) is 3. The van der Waals surface area contributed by atoms with Crippen LogP contribution in [0.5, 0.6) is 0 Å². The molecule has 1 aliphatic carbocycles. The molecule has 1 saturated carbocycles. The van der Waals surface area contributed by atoms with Gasteiger partial charge in [-0.2, -0.15) is 13.2 Å². The summed E-state index contributed by atoms with van der Waals surface area (Å²) in [4.78, 5) is 25.9. The van der Waals surface area contributed by atoms with E-state index in [0.29, 0.717) is 38.2 Å². The Kier molecular flexibility index (Phi) is 5.54. The van der Waals surface area contributed by atoms with Crippen LogP contribution in [0.3, 0.4) is 0 Å². The van der Waals surface area contributed by atoms with E-state index in [4.69, 9.17) is 0 Å². The Morgan fingerprint density at radius 2 is 1.89 bits per heavy atom. The summed E-state index contributed by atoms with van der Waals surface area (Å²) in [5.74, 6) is 0.645. The highest BCUT2D eigenvalue weighted by Crippen LogP contribution is 2.36. The van der Waals surface area contributed by atoms with Gasteiger partial charge in [0, 0.05) is 32.2 Å². The van der Waals surface area contributed by atoms with E-state index < -0.39 is 22.4 Å². The van der Waals surface area contributed by atoms with E-state index in [1.54, 1.807) is 9.80 Å². The molecule has 1 amide bonds. The molecule has 1 aromatic carbocycles. The van der Waals surface area contributed by atoms with Crippen molar-refractivity contribution in [1.29, 1.82) is 0 Å². The SMILES string of the molecule is O=C(CNCC1CC1)N1CCN(c2ccc(C(F)(F)F)cc2[N+](=O)[O-])CC1. The van der Waals surface area contributed by atoms with Crippen molar-refractivity contribution in [2.75, 3.05) is 44.2 Å². The Bertz CT molecular complexity index is 714. The fraction of sp³-hybridized carbons (Fsp3) is 0.588. The predicted octanol–water partition coefficient (Wildman–Crippen LogP) is 2.26. The van der Waals surface area contributed by atoms with E-state index in [1.807, 2.05) is 0 Å². The Morgan fingerprint density at radius 1 is 1.22 bits per heavy atom. The fourth-order valence-electron chi connectivity index (χ4n) is 3.13. The third-order valence-electron chi connectivity index (χ3n) is 4.88. The quantitative estimate of drug-likeness (QED) is 0.599. The van der Waals surface area contributed by atoms with E-state index >= 15 is 0 Å². The maximum absolute atomic E-state index is 12.8. The van der Waals surface area contributed by atoms with Crippen molar-refractivity contribution >= 4 is 17.3 Å². The highest BCUT2D eigenvalue weighted by Gasteiger charge is 2.34. The topological polar surface area (TPSA) is 78.7 Å². The number of hydrogen-bond acceptors (Lipinski definition) is 5. The molecule has 1 N–H and O–H groups in total. The first-order valence-electron chi connectivity index (χ1n) is 8.85. The van der Waals surface area contributed by atoms with Crippen molar-refractivity contribution in [2.24, 2.45) is 5.92 Å². The van der Waals surface area contributed by atoms with E-state index in [9.17, 15) is 28.1 Å². The van der Waals surface area contributed by atoms with Gasteiger partial charge in [0.15, 0.2) is 0 Å². The van der Waals surface area contributed by atoms with Gasteiger partial charge in [-0.15, -0.1) is 0 Å². The van der Waals surface area contributed by atoms with Crippen LogP contribution in [0.4, 0.5) is 24.5 Å². The molecule has 0 spiro atoms. The van der Waals surface area contributed by atoms with Crippen LogP contribution in [-0.2, 0) is 11.0 Å². The second-order valence-electron chi connectivity index (χ2n) is 6.90. The number of benzene rings is 1. The molecule has 0 radical (unpaired) electrons. The molecule has 0 atom stereocenters. The maximum Gasteiger partial charge on any atom is 0.416 e. The zero-order chi connectivity index (χ0) is 19.6. The average molecular weight is 386 g/mol. The number of piperazine rings is 1. The highest BCUT2D eigenvalue weighted by molar-refractivity contribution is 5.78. The molecule has 10 heteroatoms. The number of alkyl halides is 3. The summed E-state index contributed by atoms with van der Waals surface area (Å²) < 4.78 is 38.4. The van der Waals surface area contributed by atoms with Gasteiger partial charge in [0.2, 0.25) is 5.91 Å². The molecule has 27 heavy (non-hydrogen) atoms. The van der Waals surface area contributed by atoms with Gasteiger partial charge in [0.1, 0.15) is 5.69 Å². The first-order valence-corrected chi connectivity index (χ1v) is 8.85. The molecule has 148 valence electrons. The van der Waals surface area contributed by atoms with Gasteiger partial charge in [-0.3, -0.25) is 14.9 Å². The van der Waals surface area contributed by atoms with Gasteiger partial charge in [-0.05, 0) is 37.4 Å². The average Bonchev–Trinajstić information content (AvgIpc) is 3.45. The van der Waals surface area contributed by atoms with Crippen molar-refractivity contribution in [1.82, 2.24) is 10.2 Å². The van der Waals surface area contributed by atoms with Gasteiger partial charge in [0.25, 0.3) is 5.69 Å². The van der Waals surface area contributed by atoms with Gasteiger partial charge in [-0.1, -0.05) is 0 Å². The number of rotatable bonds is 6. The van der Waals surface area contributed by atoms with E-state index in [-0.39, 0.29) is 18.1 Å². The minimum atomic E-state index is -4.64. The van der Waals surface area contributed by atoms with E-state index in [1.165, 1.54) is 12.8 Å². The summed E-state index contributed by atoms with van der Waals surface area (Å²) in [5.41, 5.74) is -1.48. The molecule has 1 aromatic rings. The zero-order valence-electron chi connectivity index (χ0n) is 14.7. The number of carbonyl (C=O) groups excluding carboxylic acids is 1. The third-order valence-corrected chi connectivity index (χ3v) is 4.88. The second-order valence-corrected chi connectivity index (χ2v) is 6.90. The fourth-order valence-corrected chi connectivity index (χ4v) is 3.13. The molecule has 1 saturated heterocycles. The maximum atomic E-state index is 12.8. The Balaban J connectivity index is 1.61. The summed E-state index contributed by atoms with van der Waals surface area (Å²) in [5, 5.41) is 14.4.